The van der Waals surface area contributed by atoms with Crippen LogP contribution in [0.1, 0.15) is 25.8 Å². The predicted octanol–water partition coefficient (Wildman–Crippen LogP) is 0.969. The highest BCUT2D eigenvalue weighted by molar-refractivity contribution is 7.89. The molecule has 0 aliphatic carbocycles. The number of sulfonamides is 1. The molecule has 0 aliphatic rings. The molecule has 1 rings (SSSR count). The van der Waals surface area contributed by atoms with Crippen LogP contribution in [0.25, 0.3) is 0 Å². The molecule has 7 heteroatoms. The fourth-order valence-corrected chi connectivity index (χ4v) is 3.35. The lowest BCUT2D eigenvalue weighted by Gasteiger charge is -2.16. The highest BCUT2D eigenvalue weighted by Gasteiger charge is 2.20. The summed E-state index contributed by atoms with van der Waals surface area (Å²) in [7, 11) is -3.65. The Morgan fingerprint density at radius 2 is 2.05 bits per heavy atom. The van der Waals surface area contributed by atoms with Crippen LogP contribution >= 0.6 is 0 Å². The first kappa shape index (κ1) is 16.6. The predicted molar refractivity (Wildman–Crippen MR) is 78.9 cm³/mol. The Balaban J connectivity index is 3.13. The zero-order valence-electron chi connectivity index (χ0n) is 11.9. The van der Waals surface area contributed by atoms with Gasteiger partial charge in [0.15, 0.2) is 0 Å². The number of hydrogen-bond acceptors (Lipinski definition) is 4. The quantitative estimate of drug-likeness (QED) is 0.728. The Labute approximate surface area is 119 Å². The zero-order valence-corrected chi connectivity index (χ0v) is 12.8. The van der Waals surface area contributed by atoms with Gasteiger partial charge in [0.25, 0.3) is 0 Å². The maximum Gasteiger partial charge on any atom is 0.241 e. The van der Waals surface area contributed by atoms with E-state index >= 15 is 0 Å². The van der Waals surface area contributed by atoms with E-state index in [9.17, 15) is 13.2 Å². The van der Waals surface area contributed by atoms with Gasteiger partial charge in [0.05, 0.1) is 4.90 Å². The van der Waals surface area contributed by atoms with Crippen LogP contribution in [0.2, 0.25) is 0 Å². The summed E-state index contributed by atoms with van der Waals surface area (Å²) in [6.45, 7) is 5.17. The van der Waals surface area contributed by atoms with Crippen LogP contribution in [-0.4, -0.2) is 26.9 Å². The number of carbonyl (C=O) groups excluding carboxylic acids is 1. The van der Waals surface area contributed by atoms with E-state index in [0.717, 1.165) is 0 Å². The molecule has 6 nitrogen and oxygen atoms in total. The molecule has 20 heavy (non-hydrogen) atoms. The van der Waals surface area contributed by atoms with E-state index in [1.807, 2.05) is 6.92 Å². The summed E-state index contributed by atoms with van der Waals surface area (Å²) in [6, 6.07) is 4.46. The van der Waals surface area contributed by atoms with Gasteiger partial charge in [-0.05, 0) is 31.0 Å². The average molecular weight is 299 g/mol. The molecule has 0 aliphatic heterocycles. The second-order valence-corrected chi connectivity index (χ2v) is 6.31. The van der Waals surface area contributed by atoms with Crippen molar-refractivity contribution in [1.29, 1.82) is 0 Å². The van der Waals surface area contributed by atoms with Crippen molar-refractivity contribution in [1.82, 2.24) is 4.72 Å². The molecule has 1 amide bonds. The van der Waals surface area contributed by atoms with Crippen molar-refractivity contribution in [3.63, 3.8) is 0 Å². The van der Waals surface area contributed by atoms with Crippen molar-refractivity contribution in [3.8, 4) is 0 Å². The topological polar surface area (TPSA) is 101 Å². The molecule has 0 heterocycles. The molecule has 1 aromatic carbocycles. The van der Waals surface area contributed by atoms with Crippen molar-refractivity contribution in [2.24, 2.45) is 5.73 Å². The van der Waals surface area contributed by atoms with E-state index in [1.165, 1.54) is 13.0 Å². The van der Waals surface area contributed by atoms with Crippen LogP contribution in [0.3, 0.4) is 0 Å². The lowest BCUT2D eigenvalue weighted by atomic mass is 10.2. The first-order valence-electron chi connectivity index (χ1n) is 6.40. The van der Waals surface area contributed by atoms with Crippen LogP contribution in [0.4, 0.5) is 5.69 Å². The Kier molecular flexibility index (Phi) is 5.67. The molecule has 0 saturated carbocycles. The molecule has 0 radical (unpaired) electrons. The summed E-state index contributed by atoms with van der Waals surface area (Å²) in [6.07, 6.45) is 0.611. The summed E-state index contributed by atoms with van der Waals surface area (Å²) in [4.78, 5) is 11.2. The molecule has 0 spiro atoms. The van der Waals surface area contributed by atoms with Crippen LogP contribution in [0, 0.1) is 6.92 Å². The number of amides is 1. The number of benzene rings is 1. The maximum absolute atomic E-state index is 12.3. The second-order valence-electron chi connectivity index (χ2n) is 4.62. The van der Waals surface area contributed by atoms with Crippen LogP contribution < -0.4 is 15.8 Å². The van der Waals surface area contributed by atoms with E-state index < -0.39 is 10.0 Å². The van der Waals surface area contributed by atoms with Crippen molar-refractivity contribution >= 4 is 21.6 Å². The maximum atomic E-state index is 12.3. The Hall–Kier alpha value is -1.44. The first-order valence-corrected chi connectivity index (χ1v) is 7.89. The van der Waals surface area contributed by atoms with Gasteiger partial charge < -0.3 is 11.1 Å². The van der Waals surface area contributed by atoms with Gasteiger partial charge in [-0.2, -0.15) is 0 Å². The molecular weight excluding hydrogens is 278 g/mol. The van der Waals surface area contributed by atoms with Crippen molar-refractivity contribution in [2.45, 2.75) is 38.1 Å². The molecule has 1 unspecified atom stereocenters. The van der Waals surface area contributed by atoms with E-state index in [4.69, 9.17) is 5.73 Å². The number of anilines is 1. The normalized spacial score (nSPS) is 13.0. The fraction of sp³-hybridized carbons (Fsp3) is 0.462. The van der Waals surface area contributed by atoms with Crippen molar-refractivity contribution < 1.29 is 13.2 Å². The van der Waals surface area contributed by atoms with Crippen LogP contribution in [0.15, 0.2) is 23.1 Å². The number of hydrogen-bond donors (Lipinski definition) is 3. The largest absolute Gasteiger partial charge is 0.329 e. The molecule has 0 aromatic heterocycles. The van der Waals surface area contributed by atoms with Gasteiger partial charge in [0, 0.05) is 25.2 Å². The fourth-order valence-electron chi connectivity index (χ4n) is 1.75. The SMILES string of the molecule is CCC(CN)NS(=O)(=O)c1cc(NC(C)=O)ccc1C. The number of nitrogens with two attached hydrogens (primary N) is 1. The number of rotatable bonds is 6. The molecular formula is C13H21N3O3S. The van der Waals surface area contributed by atoms with E-state index in [2.05, 4.69) is 10.0 Å². The highest BCUT2D eigenvalue weighted by Crippen LogP contribution is 2.20. The number of carbonyl (C=O) groups is 1. The van der Waals surface area contributed by atoms with E-state index in [0.29, 0.717) is 17.7 Å². The van der Waals surface area contributed by atoms with Crippen molar-refractivity contribution in [2.75, 3.05) is 11.9 Å². The zero-order chi connectivity index (χ0) is 15.3. The minimum atomic E-state index is -3.65. The third-order valence-corrected chi connectivity index (χ3v) is 4.56. The molecule has 1 aromatic rings. The summed E-state index contributed by atoms with van der Waals surface area (Å²) >= 11 is 0. The molecule has 1 atom stereocenters. The highest BCUT2D eigenvalue weighted by atomic mass is 32.2. The summed E-state index contributed by atoms with van der Waals surface area (Å²) in [5.41, 5.74) is 6.58. The van der Waals surface area contributed by atoms with Gasteiger partial charge >= 0.3 is 0 Å². The smallest absolute Gasteiger partial charge is 0.241 e. The lowest BCUT2D eigenvalue weighted by molar-refractivity contribution is -0.114. The summed E-state index contributed by atoms with van der Waals surface area (Å²) in [5.74, 6) is -0.251. The molecule has 0 saturated heterocycles. The minimum absolute atomic E-state index is 0.149. The molecule has 112 valence electrons. The van der Waals surface area contributed by atoms with Crippen LogP contribution in [0.5, 0.6) is 0 Å². The van der Waals surface area contributed by atoms with Crippen LogP contribution in [-0.2, 0) is 14.8 Å². The number of nitrogens with one attached hydrogen (secondary N) is 2. The lowest BCUT2D eigenvalue weighted by Crippen LogP contribution is -2.39. The van der Waals surface area contributed by atoms with Gasteiger partial charge in [0.1, 0.15) is 0 Å². The average Bonchev–Trinajstić information content (AvgIpc) is 2.37. The third-order valence-electron chi connectivity index (χ3n) is 2.90. The summed E-state index contributed by atoms with van der Waals surface area (Å²) < 4.78 is 27.2. The van der Waals surface area contributed by atoms with Gasteiger partial charge in [-0.15, -0.1) is 0 Å². The van der Waals surface area contributed by atoms with Gasteiger partial charge in [0.2, 0.25) is 15.9 Å². The minimum Gasteiger partial charge on any atom is -0.329 e. The summed E-state index contributed by atoms with van der Waals surface area (Å²) in [5, 5.41) is 2.57. The monoisotopic (exact) mass is 299 g/mol. The van der Waals surface area contributed by atoms with Gasteiger partial charge in [-0.25, -0.2) is 13.1 Å². The second kappa shape index (κ2) is 6.83. The molecule has 4 N–H and O–H groups in total. The Bertz CT molecular complexity index is 581. The third kappa shape index (κ3) is 4.29. The van der Waals surface area contributed by atoms with E-state index in [1.54, 1.807) is 19.1 Å². The molecule has 0 bridgehead atoms. The van der Waals surface area contributed by atoms with E-state index in [-0.39, 0.29) is 23.4 Å². The Morgan fingerprint density at radius 1 is 1.40 bits per heavy atom. The molecule has 0 fully saturated rings. The Morgan fingerprint density at radius 3 is 2.55 bits per heavy atom. The van der Waals surface area contributed by atoms with Crippen molar-refractivity contribution in [3.05, 3.63) is 23.8 Å². The number of aryl methyl sites for hydroxylation is 1. The first-order chi connectivity index (χ1) is 9.30. The van der Waals surface area contributed by atoms with Gasteiger partial charge in [-0.3, -0.25) is 4.79 Å². The van der Waals surface area contributed by atoms with Gasteiger partial charge in [-0.1, -0.05) is 13.0 Å². The standard InChI is InChI=1S/C13H21N3O3S/c1-4-11(8-14)16-20(18,19)13-7-12(15-10(3)17)6-5-9(13)2/h5-7,11,16H,4,8,14H2,1-3H3,(H,15,17).